The van der Waals surface area contributed by atoms with E-state index in [1.165, 1.54) is 18.2 Å². The van der Waals surface area contributed by atoms with E-state index in [9.17, 15) is 26.4 Å². The fourth-order valence-electron chi connectivity index (χ4n) is 2.58. The Morgan fingerprint density at radius 2 is 1.88 bits per heavy atom. The van der Waals surface area contributed by atoms with Crippen LogP contribution in [0.2, 0.25) is 0 Å². The van der Waals surface area contributed by atoms with Gasteiger partial charge in [-0.2, -0.15) is 4.31 Å². The molecule has 1 aliphatic heterocycles. The van der Waals surface area contributed by atoms with Crippen LogP contribution in [0.4, 0.5) is 13.2 Å². The maximum absolute atomic E-state index is 13.7. The second-order valence-corrected chi connectivity index (χ2v) is 7.79. The fourth-order valence-corrected chi connectivity index (χ4v) is 4.12. The minimum atomic E-state index is -3.99. The molecular weight excluding hydrogens is 359 g/mol. The normalized spacial score (nSPS) is 17.4. The minimum Gasteiger partial charge on any atom is -0.350 e. The summed E-state index contributed by atoms with van der Waals surface area (Å²) in [6, 6.07) is 5.05. The summed E-state index contributed by atoms with van der Waals surface area (Å²) >= 11 is 0. The van der Waals surface area contributed by atoms with E-state index in [0.717, 1.165) is 10.4 Å². The number of benzene rings is 1. The van der Waals surface area contributed by atoms with Gasteiger partial charge in [-0.1, -0.05) is 12.1 Å². The Morgan fingerprint density at radius 1 is 1.28 bits per heavy atom. The van der Waals surface area contributed by atoms with Crippen LogP contribution in [0.3, 0.4) is 0 Å². The molecular formula is C15H20F3N3O3S. The largest absolute Gasteiger partial charge is 0.350 e. The van der Waals surface area contributed by atoms with Gasteiger partial charge in [0, 0.05) is 19.0 Å². The maximum Gasteiger partial charge on any atom is 0.277 e. The van der Waals surface area contributed by atoms with Gasteiger partial charge >= 0.3 is 0 Å². The third kappa shape index (κ3) is 4.71. The molecule has 1 aromatic rings. The predicted octanol–water partition coefficient (Wildman–Crippen LogP) is 0.937. The Bertz CT molecular complexity index is 720. The highest BCUT2D eigenvalue weighted by Crippen LogP contribution is 2.25. The molecule has 0 bridgehead atoms. The lowest BCUT2D eigenvalue weighted by molar-refractivity contribution is -0.127. The Hall–Kier alpha value is -1.65. The first-order valence-corrected chi connectivity index (χ1v) is 9.22. The number of nitrogens with two attached hydrogens (primary N) is 1. The standard InChI is InChI=1S/C15H20F3N3O3S/c16-12-3-1-2-4-13(12)25(23,24)21-7-5-11(6-8-21)14(22)20-10-15(17,18)9-19/h1-4,11H,5-10,19H2,(H,20,22). The van der Waals surface area contributed by atoms with Crippen LogP contribution in [-0.2, 0) is 14.8 Å². The summed E-state index contributed by atoms with van der Waals surface area (Å²) in [5.41, 5.74) is 4.90. The molecule has 10 heteroatoms. The number of nitrogens with zero attached hydrogens (tertiary/aromatic N) is 1. The van der Waals surface area contributed by atoms with Gasteiger partial charge in [-0.05, 0) is 25.0 Å². The van der Waals surface area contributed by atoms with Gasteiger partial charge < -0.3 is 11.1 Å². The average molecular weight is 379 g/mol. The summed E-state index contributed by atoms with van der Waals surface area (Å²) in [7, 11) is -3.99. The van der Waals surface area contributed by atoms with Crippen LogP contribution in [0.25, 0.3) is 0 Å². The monoisotopic (exact) mass is 379 g/mol. The van der Waals surface area contributed by atoms with Gasteiger partial charge in [-0.15, -0.1) is 0 Å². The first-order valence-electron chi connectivity index (χ1n) is 7.77. The van der Waals surface area contributed by atoms with Crippen LogP contribution in [0.5, 0.6) is 0 Å². The Kier molecular flexibility index (Phi) is 6.07. The third-order valence-electron chi connectivity index (χ3n) is 4.10. The number of amides is 1. The molecule has 0 radical (unpaired) electrons. The van der Waals surface area contributed by atoms with E-state index < -0.39 is 51.6 Å². The van der Waals surface area contributed by atoms with Gasteiger partial charge in [0.1, 0.15) is 10.7 Å². The SMILES string of the molecule is NCC(F)(F)CNC(=O)C1CCN(S(=O)(=O)c2ccccc2F)CC1. The Labute approximate surface area is 144 Å². The van der Waals surface area contributed by atoms with Gasteiger partial charge in [-0.25, -0.2) is 21.6 Å². The molecule has 0 unspecified atom stereocenters. The van der Waals surface area contributed by atoms with Crippen molar-refractivity contribution in [1.82, 2.24) is 9.62 Å². The number of nitrogens with one attached hydrogen (secondary N) is 1. The van der Waals surface area contributed by atoms with Crippen LogP contribution in [0.15, 0.2) is 29.2 Å². The zero-order chi connectivity index (χ0) is 18.7. The zero-order valence-electron chi connectivity index (χ0n) is 13.4. The molecule has 1 fully saturated rings. The summed E-state index contributed by atoms with van der Waals surface area (Å²) < 4.78 is 65.9. The molecule has 0 aromatic heterocycles. The number of sulfonamides is 1. The number of carbonyl (C=O) groups excluding carboxylic acids is 1. The fraction of sp³-hybridized carbons (Fsp3) is 0.533. The Morgan fingerprint density at radius 3 is 2.44 bits per heavy atom. The van der Waals surface area contributed by atoms with Crippen molar-refractivity contribution in [1.29, 1.82) is 0 Å². The quantitative estimate of drug-likeness (QED) is 0.769. The second kappa shape index (κ2) is 7.71. The van der Waals surface area contributed by atoms with Crippen molar-refractivity contribution >= 4 is 15.9 Å². The Balaban J connectivity index is 1.95. The van der Waals surface area contributed by atoms with E-state index in [0.29, 0.717) is 0 Å². The molecule has 6 nitrogen and oxygen atoms in total. The summed E-state index contributed by atoms with van der Waals surface area (Å²) in [6.07, 6.45) is 0.349. The first kappa shape index (κ1) is 19.7. The number of halogens is 3. The average Bonchev–Trinajstić information content (AvgIpc) is 2.60. The molecule has 0 saturated carbocycles. The summed E-state index contributed by atoms with van der Waals surface area (Å²) in [6.45, 7) is -1.69. The molecule has 25 heavy (non-hydrogen) atoms. The molecule has 2 rings (SSSR count). The van der Waals surface area contributed by atoms with Crippen molar-refractivity contribution in [3.05, 3.63) is 30.1 Å². The molecule has 0 atom stereocenters. The van der Waals surface area contributed by atoms with E-state index in [-0.39, 0.29) is 25.9 Å². The second-order valence-electron chi connectivity index (χ2n) is 5.89. The van der Waals surface area contributed by atoms with Gasteiger partial charge in [0.05, 0.1) is 13.1 Å². The lowest BCUT2D eigenvalue weighted by atomic mass is 9.97. The van der Waals surface area contributed by atoms with Crippen molar-refractivity contribution in [2.75, 3.05) is 26.2 Å². The van der Waals surface area contributed by atoms with Crippen LogP contribution in [-0.4, -0.2) is 50.7 Å². The van der Waals surface area contributed by atoms with Crippen LogP contribution < -0.4 is 11.1 Å². The molecule has 0 aliphatic carbocycles. The van der Waals surface area contributed by atoms with Crippen molar-refractivity contribution in [2.24, 2.45) is 11.7 Å². The predicted molar refractivity (Wildman–Crippen MR) is 84.9 cm³/mol. The van der Waals surface area contributed by atoms with E-state index in [1.54, 1.807) is 0 Å². The van der Waals surface area contributed by atoms with Gasteiger partial charge in [-0.3, -0.25) is 4.79 Å². The highest BCUT2D eigenvalue weighted by Gasteiger charge is 2.34. The van der Waals surface area contributed by atoms with Crippen LogP contribution in [0.1, 0.15) is 12.8 Å². The van der Waals surface area contributed by atoms with E-state index in [2.05, 4.69) is 5.32 Å². The van der Waals surface area contributed by atoms with E-state index in [1.807, 2.05) is 0 Å². The van der Waals surface area contributed by atoms with Crippen molar-refractivity contribution in [3.8, 4) is 0 Å². The van der Waals surface area contributed by atoms with E-state index >= 15 is 0 Å². The first-order chi connectivity index (χ1) is 11.7. The molecule has 1 heterocycles. The van der Waals surface area contributed by atoms with Crippen molar-refractivity contribution in [2.45, 2.75) is 23.7 Å². The zero-order valence-corrected chi connectivity index (χ0v) is 14.2. The lowest BCUT2D eigenvalue weighted by Crippen LogP contribution is -2.46. The summed E-state index contributed by atoms with van der Waals surface area (Å²) in [5.74, 6) is -5.15. The highest BCUT2D eigenvalue weighted by atomic mass is 32.2. The lowest BCUT2D eigenvalue weighted by Gasteiger charge is -2.30. The smallest absolute Gasteiger partial charge is 0.277 e. The third-order valence-corrected chi connectivity index (χ3v) is 6.03. The van der Waals surface area contributed by atoms with Crippen LogP contribution >= 0.6 is 0 Å². The highest BCUT2D eigenvalue weighted by molar-refractivity contribution is 7.89. The number of carbonyl (C=O) groups is 1. The van der Waals surface area contributed by atoms with Gasteiger partial charge in [0.2, 0.25) is 15.9 Å². The molecule has 1 aliphatic rings. The molecule has 140 valence electrons. The van der Waals surface area contributed by atoms with E-state index in [4.69, 9.17) is 5.73 Å². The van der Waals surface area contributed by atoms with Gasteiger partial charge in [0.25, 0.3) is 5.92 Å². The number of hydrogen-bond acceptors (Lipinski definition) is 4. The molecule has 1 aromatic carbocycles. The number of hydrogen-bond donors (Lipinski definition) is 2. The minimum absolute atomic E-state index is 0.0159. The molecule has 3 N–H and O–H groups in total. The van der Waals surface area contributed by atoms with Crippen LogP contribution in [0, 0.1) is 11.7 Å². The summed E-state index contributed by atoms with van der Waals surface area (Å²) in [4.78, 5) is 11.5. The molecule has 0 spiro atoms. The number of piperidine rings is 1. The van der Waals surface area contributed by atoms with Crippen molar-refractivity contribution in [3.63, 3.8) is 0 Å². The summed E-state index contributed by atoms with van der Waals surface area (Å²) in [5, 5.41) is 2.14. The number of alkyl halides is 2. The maximum atomic E-state index is 13.7. The van der Waals surface area contributed by atoms with Crippen molar-refractivity contribution < 1.29 is 26.4 Å². The molecule has 1 amide bonds. The molecule has 1 saturated heterocycles. The van der Waals surface area contributed by atoms with Gasteiger partial charge in [0.15, 0.2) is 0 Å². The topological polar surface area (TPSA) is 92.5 Å². The number of rotatable bonds is 6.